The summed E-state index contributed by atoms with van der Waals surface area (Å²) in [6.07, 6.45) is 2.15. The van der Waals surface area contributed by atoms with Crippen molar-refractivity contribution in [2.45, 2.75) is 26.2 Å². The number of nitrogens with one attached hydrogen (secondary N) is 1. The Morgan fingerprint density at radius 1 is 0.830 bits per heavy atom. The van der Waals surface area contributed by atoms with Gasteiger partial charge in [-0.05, 0) is 78.2 Å². The van der Waals surface area contributed by atoms with Gasteiger partial charge in [-0.1, -0.05) is 36.4 Å². The van der Waals surface area contributed by atoms with Crippen LogP contribution in [0.1, 0.15) is 32.6 Å². The molecule has 7 aromatic rings. The molecule has 0 aliphatic rings. The van der Waals surface area contributed by atoms with E-state index in [9.17, 15) is 18.0 Å². The lowest BCUT2D eigenvalue weighted by Crippen LogP contribution is -2.24. The molecule has 0 atom stereocenters. The Morgan fingerprint density at radius 3 is 2.15 bits per heavy atom. The predicted molar refractivity (Wildman–Crippen MR) is 193 cm³/mol. The van der Waals surface area contributed by atoms with E-state index in [0.717, 1.165) is 45.9 Å². The summed E-state index contributed by atoms with van der Waals surface area (Å²) in [6, 6.07) is 25.2. The second kappa shape index (κ2) is 14.5. The number of ether oxygens (including phenoxy) is 2. The maximum Gasteiger partial charge on any atom is 0.416 e. The number of carbonyl (C=O) groups is 1. The van der Waals surface area contributed by atoms with Gasteiger partial charge in [0.15, 0.2) is 11.5 Å². The first kappa shape index (κ1) is 34.7. The second-order valence-corrected chi connectivity index (χ2v) is 12.2. The zero-order valence-corrected chi connectivity index (χ0v) is 28.9. The fourth-order valence-corrected chi connectivity index (χ4v) is 5.89. The Kier molecular flexibility index (Phi) is 9.50. The SMILES string of the molecule is COc1ccc(CN(Cc2ccc(OC)cc2)c2ncnn3c(-c4cnn(-c5cc(NC(=O)c6cccc(C(F)(F)F)c6)ccc5C)c4)cnc23)cc1. The van der Waals surface area contributed by atoms with Gasteiger partial charge in [-0.15, -0.1) is 0 Å². The number of carbonyl (C=O) groups excluding carboxylic acids is 1. The quantitative estimate of drug-likeness (QED) is 0.144. The molecule has 0 spiro atoms. The molecule has 268 valence electrons. The third-order valence-corrected chi connectivity index (χ3v) is 8.69. The number of anilines is 2. The van der Waals surface area contributed by atoms with Crippen molar-refractivity contribution in [3.8, 4) is 28.4 Å². The van der Waals surface area contributed by atoms with Crippen LogP contribution in [0.3, 0.4) is 0 Å². The minimum atomic E-state index is -4.56. The van der Waals surface area contributed by atoms with E-state index in [-0.39, 0.29) is 5.56 Å². The van der Waals surface area contributed by atoms with Crippen molar-refractivity contribution in [1.82, 2.24) is 29.4 Å². The largest absolute Gasteiger partial charge is 0.497 e. The fourth-order valence-electron chi connectivity index (χ4n) is 5.89. The molecule has 0 aliphatic heterocycles. The van der Waals surface area contributed by atoms with Crippen molar-refractivity contribution in [3.63, 3.8) is 0 Å². The molecule has 0 saturated heterocycles. The van der Waals surface area contributed by atoms with Crippen LogP contribution in [0.4, 0.5) is 24.7 Å². The highest BCUT2D eigenvalue weighted by molar-refractivity contribution is 6.04. The minimum Gasteiger partial charge on any atom is -0.497 e. The third-order valence-electron chi connectivity index (χ3n) is 8.69. The maximum atomic E-state index is 13.2. The van der Waals surface area contributed by atoms with Gasteiger partial charge in [-0.25, -0.2) is 19.2 Å². The summed E-state index contributed by atoms with van der Waals surface area (Å²) in [4.78, 5) is 24.5. The van der Waals surface area contributed by atoms with Crippen molar-refractivity contribution in [3.05, 3.63) is 144 Å². The molecule has 53 heavy (non-hydrogen) atoms. The Labute approximate surface area is 302 Å². The topological polar surface area (TPSA) is 112 Å². The van der Waals surface area contributed by atoms with Gasteiger partial charge in [0, 0.05) is 36.1 Å². The first-order valence-corrected chi connectivity index (χ1v) is 16.4. The number of alkyl halides is 3. The molecule has 0 aliphatic carbocycles. The molecule has 1 N–H and O–H groups in total. The van der Waals surface area contributed by atoms with E-state index in [4.69, 9.17) is 14.5 Å². The van der Waals surface area contributed by atoms with Crippen LogP contribution in [0.15, 0.2) is 116 Å². The number of nitrogens with zero attached hydrogens (tertiary/aromatic N) is 7. The summed E-state index contributed by atoms with van der Waals surface area (Å²) in [7, 11) is 3.27. The molecular formula is C39H33F3N8O3. The predicted octanol–water partition coefficient (Wildman–Crippen LogP) is 7.78. The molecular weight excluding hydrogens is 685 g/mol. The molecule has 4 aromatic carbocycles. The number of benzene rings is 4. The molecule has 11 nitrogen and oxygen atoms in total. The summed E-state index contributed by atoms with van der Waals surface area (Å²) in [5.74, 6) is 1.49. The standard InChI is InChI=1S/C39H33F3N8O3/c1-25-7-12-31(47-38(51)28-5-4-6-30(17-28)39(40,41)42)18-34(25)49-23-29(19-45-49)35-20-43-37-36(44-24-46-50(35)37)48(21-26-8-13-32(52-2)14-9-26)22-27-10-15-33(53-3)16-11-27/h4-20,23-24H,21-22H2,1-3H3,(H,47,51). The molecule has 3 heterocycles. The zero-order valence-electron chi connectivity index (χ0n) is 28.9. The average molecular weight is 719 g/mol. The number of hydrogen-bond donors (Lipinski definition) is 1. The van der Waals surface area contributed by atoms with Crippen LogP contribution in [0.5, 0.6) is 11.5 Å². The average Bonchev–Trinajstić information content (AvgIpc) is 3.83. The van der Waals surface area contributed by atoms with E-state index in [2.05, 4.69) is 25.4 Å². The Balaban J connectivity index is 1.17. The summed E-state index contributed by atoms with van der Waals surface area (Å²) in [5.41, 5.74) is 4.95. The van der Waals surface area contributed by atoms with Gasteiger partial charge in [0.2, 0.25) is 0 Å². The highest BCUT2D eigenvalue weighted by atomic mass is 19.4. The normalized spacial score (nSPS) is 11.4. The van der Waals surface area contributed by atoms with Gasteiger partial charge in [-0.3, -0.25) is 4.79 Å². The number of amides is 1. The molecule has 0 saturated carbocycles. The van der Waals surface area contributed by atoms with E-state index >= 15 is 0 Å². The molecule has 7 rings (SSSR count). The van der Waals surface area contributed by atoms with Gasteiger partial charge < -0.3 is 19.7 Å². The lowest BCUT2D eigenvalue weighted by Gasteiger charge is -2.24. The van der Waals surface area contributed by atoms with Crippen molar-refractivity contribution in [1.29, 1.82) is 0 Å². The smallest absolute Gasteiger partial charge is 0.416 e. The van der Waals surface area contributed by atoms with Crippen molar-refractivity contribution >= 4 is 23.1 Å². The Morgan fingerprint density at radius 2 is 1.51 bits per heavy atom. The van der Waals surface area contributed by atoms with Crippen LogP contribution in [-0.4, -0.2) is 49.5 Å². The lowest BCUT2D eigenvalue weighted by molar-refractivity contribution is -0.137. The number of rotatable bonds is 11. The Bertz CT molecular complexity index is 2340. The summed E-state index contributed by atoms with van der Waals surface area (Å²) < 4.78 is 53.8. The van der Waals surface area contributed by atoms with Crippen molar-refractivity contribution in [2.24, 2.45) is 0 Å². The number of aromatic nitrogens is 6. The molecule has 0 unspecified atom stereocenters. The molecule has 0 fully saturated rings. The van der Waals surface area contributed by atoms with E-state index < -0.39 is 17.6 Å². The van der Waals surface area contributed by atoms with Gasteiger partial charge in [0.25, 0.3) is 5.91 Å². The van der Waals surface area contributed by atoms with Gasteiger partial charge in [-0.2, -0.15) is 23.4 Å². The van der Waals surface area contributed by atoms with Crippen LogP contribution in [-0.2, 0) is 19.3 Å². The third kappa shape index (κ3) is 7.52. The molecule has 14 heteroatoms. The van der Waals surface area contributed by atoms with Crippen LogP contribution in [0.2, 0.25) is 0 Å². The summed E-state index contributed by atoms with van der Waals surface area (Å²) >= 11 is 0. The first-order chi connectivity index (χ1) is 25.6. The highest BCUT2D eigenvalue weighted by Gasteiger charge is 2.31. The van der Waals surface area contributed by atoms with Crippen LogP contribution in [0, 0.1) is 6.92 Å². The van der Waals surface area contributed by atoms with Gasteiger partial charge >= 0.3 is 6.18 Å². The van der Waals surface area contributed by atoms with Gasteiger partial charge in [0.1, 0.15) is 17.8 Å². The number of aryl methyl sites for hydroxylation is 1. The monoisotopic (exact) mass is 718 g/mol. The number of imidazole rings is 1. The van der Waals surface area contributed by atoms with Crippen LogP contribution in [0.25, 0.3) is 22.6 Å². The highest BCUT2D eigenvalue weighted by Crippen LogP contribution is 2.31. The van der Waals surface area contributed by atoms with Crippen LogP contribution >= 0.6 is 0 Å². The Hall–Kier alpha value is -6.70. The first-order valence-electron chi connectivity index (χ1n) is 16.4. The number of fused-ring (bicyclic) bond motifs is 1. The maximum absolute atomic E-state index is 13.2. The second-order valence-electron chi connectivity index (χ2n) is 12.2. The van der Waals surface area contributed by atoms with E-state index in [1.165, 1.54) is 18.5 Å². The number of halogens is 3. The van der Waals surface area contributed by atoms with Gasteiger partial charge in [0.05, 0.1) is 43.6 Å². The molecule has 1 amide bonds. The molecule has 3 aromatic heterocycles. The molecule has 0 radical (unpaired) electrons. The minimum absolute atomic E-state index is 0.108. The summed E-state index contributed by atoms with van der Waals surface area (Å²) in [5, 5.41) is 11.8. The fraction of sp³-hybridized carbons (Fsp3) is 0.154. The number of hydrogen-bond acceptors (Lipinski definition) is 8. The lowest BCUT2D eigenvalue weighted by atomic mass is 10.1. The van der Waals surface area contributed by atoms with E-state index in [0.29, 0.717) is 41.6 Å². The summed E-state index contributed by atoms with van der Waals surface area (Å²) in [6.45, 7) is 2.95. The van der Waals surface area contributed by atoms with E-state index in [1.54, 1.807) is 54.0 Å². The molecule has 0 bridgehead atoms. The number of methoxy groups -OCH3 is 2. The van der Waals surface area contributed by atoms with Crippen molar-refractivity contribution in [2.75, 3.05) is 24.4 Å². The van der Waals surface area contributed by atoms with E-state index in [1.807, 2.05) is 61.7 Å². The van der Waals surface area contributed by atoms with Crippen molar-refractivity contribution < 1.29 is 27.4 Å². The van der Waals surface area contributed by atoms with Crippen LogP contribution < -0.4 is 19.7 Å². The zero-order chi connectivity index (χ0) is 37.1.